The van der Waals surface area contributed by atoms with Crippen molar-refractivity contribution >= 4 is 35.0 Å². The average Bonchev–Trinajstić information content (AvgIpc) is 2.76. The number of carboxylic acid groups (broad SMARTS) is 1. The van der Waals surface area contributed by atoms with E-state index in [1.54, 1.807) is 30.3 Å². The first kappa shape index (κ1) is 23.0. The molecule has 0 bridgehead atoms. The molecule has 6 nitrogen and oxygen atoms in total. The Morgan fingerprint density at radius 3 is 2.61 bits per heavy atom. The van der Waals surface area contributed by atoms with Gasteiger partial charge in [-0.3, -0.25) is 4.90 Å². The fourth-order valence-corrected chi connectivity index (χ4v) is 4.14. The summed E-state index contributed by atoms with van der Waals surface area (Å²) in [7, 11) is 0. The summed E-state index contributed by atoms with van der Waals surface area (Å²) in [6, 6.07) is 13.0. The Morgan fingerprint density at radius 1 is 1.13 bits per heavy atom. The molecule has 1 fully saturated rings. The number of nitrogens with one attached hydrogen (secondary N) is 1. The molecule has 2 N–H and O–H groups in total. The highest BCUT2D eigenvalue weighted by Gasteiger charge is 2.26. The van der Waals surface area contributed by atoms with Crippen molar-refractivity contribution in [3.8, 4) is 0 Å². The maximum atomic E-state index is 14.7. The van der Waals surface area contributed by atoms with Crippen LogP contribution in [0.1, 0.15) is 25.7 Å². The van der Waals surface area contributed by atoms with Gasteiger partial charge in [0.1, 0.15) is 6.61 Å². The summed E-state index contributed by atoms with van der Waals surface area (Å²) in [5.74, 6) is -1.12. The van der Waals surface area contributed by atoms with Crippen molar-refractivity contribution in [2.24, 2.45) is 11.8 Å². The Hall–Kier alpha value is -2.64. The van der Waals surface area contributed by atoms with Crippen LogP contribution in [0.15, 0.2) is 48.5 Å². The Bertz CT molecular complexity index is 896. The van der Waals surface area contributed by atoms with Crippen molar-refractivity contribution in [2.45, 2.75) is 25.7 Å². The molecule has 0 spiro atoms. The molecule has 2 unspecified atom stereocenters. The third kappa shape index (κ3) is 6.42. The highest BCUT2D eigenvalue weighted by Crippen LogP contribution is 2.32. The number of carbonyl (C=O) groups excluding carboxylic acids is 1. The highest BCUT2D eigenvalue weighted by atomic mass is 35.5. The maximum absolute atomic E-state index is 14.7. The van der Waals surface area contributed by atoms with Crippen LogP contribution in [0.5, 0.6) is 0 Å². The van der Waals surface area contributed by atoms with Crippen LogP contribution >= 0.6 is 11.6 Å². The van der Waals surface area contributed by atoms with Crippen LogP contribution in [0.25, 0.3) is 0 Å². The molecule has 0 aromatic heterocycles. The number of carbonyl (C=O) groups is 2. The Balaban J connectivity index is 1.66. The molecule has 0 saturated heterocycles. The fraction of sp³-hybridized carbons (Fsp3) is 0.391. The molecule has 166 valence electrons. The first-order chi connectivity index (χ1) is 15.0. The van der Waals surface area contributed by atoms with Gasteiger partial charge in [0.25, 0.3) is 0 Å². The van der Waals surface area contributed by atoms with E-state index in [-0.39, 0.29) is 29.2 Å². The molecular formula is C23H26ClFN2O4. The minimum atomic E-state index is -0.978. The lowest BCUT2D eigenvalue weighted by molar-refractivity contribution is -0.142. The summed E-state index contributed by atoms with van der Waals surface area (Å²) < 4.78 is 19.9. The van der Waals surface area contributed by atoms with Crippen LogP contribution in [-0.4, -0.2) is 36.9 Å². The van der Waals surface area contributed by atoms with Gasteiger partial charge in [-0.2, -0.15) is 0 Å². The number of halogens is 2. The second kappa shape index (κ2) is 11.1. The Labute approximate surface area is 186 Å². The normalized spacial score (nSPS) is 18.4. The van der Waals surface area contributed by atoms with Gasteiger partial charge in [0.15, 0.2) is 5.82 Å². The van der Waals surface area contributed by atoms with Gasteiger partial charge < -0.3 is 15.2 Å². The maximum Gasteiger partial charge on any atom is 0.329 e. The topological polar surface area (TPSA) is 78.9 Å². The number of amides is 2. The van der Waals surface area contributed by atoms with Crippen LogP contribution in [-0.2, 0) is 9.53 Å². The van der Waals surface area contributed by atoms with E-state index in [1.165, 1.54) is 17.0 Å². The number of hydrogen-bond donors (Lipinski definition) is 2. The lowest BCUT2D eigenvalue weighted by Crippen LogP contribution is -2.40. The summed E-state index contributed by atoms with van der Waals surface area (Å²) in [5.41, 5.74) is 0.615. The zero-order valence-corrected chi connectivity index (χ0v) is 17.9. The van der Waals surface area contributed by atoms with E-state index in [4.69, 9.17) is 21.4 Å². The minimum absolute atomic E-state index is 0.0530. The van der Waals surface area contributed by atoms with Gasteiger partial charge in [-0.05, 0) is 55.4 Å². The quantitative estimate of drug-likeness (QED) is 0.579. The van der Waals surface area contributed by atoms with E-state index < -0.39 is 17.8 Å². The minimum Gasteiger partial charge on any atom is -0.480 e. The number of benzene rings is 2. The molecule has 31 heavy (non-hydrogen) atoms. The summed E-state index contributed by atoms with van der Waals surface area (Å²) in [5, 5.41) is 11.6. The predicted molar refractivity (Wildman–Crippen MR) is 117 cm³/mol. The summed E-state index contributed by atoms with van der Waals surface area (Å²) in [4.78, 5) is 25.0. The number of anilines is 2. The standard InChI is InChI=1S/C23H26ClFN2O4/c24-19-10-5-11-20(22(19)25)27(18-8-2-1-3-9-18)23(30)26-13-16-6-4-7-17(12-16)14-31-15-21(28)29/h1-3,5,8-11,16-17H,4,6-7,12-15H2,(H,26,30)(H,28,29). The van der Waals surface area contributed by atoms with E-state index in [1.807, 2.05) is 6.07 Å². The molecule has 0 aliphatic heterocycles. The molecule has 2 aromatic carbocycles. The number of aliphatic carboxylic acids is 1. The molecule has 0 heterocycles. The van der Waals surface area contributed by atoms with Gasteiger partial charge in [0.05, 0.1) is 23.0 Å². The number of hydrogen-bond acceptors (Lipinski definition) is 3. The van der Waals surface area contributed by atoms with E-state index >= 15 is 0 Å². The zero-order chi connectivity index (χ0) is 22.2. The average molecular weight is 449 g/mol. The van der Waals surface area contributed by atoms with Crippen LogP contribution in [0.2, 0.25) is 5.02 Å². The molecule has 2 aromatic rings. The van der Waals surface area contributed by atoms with Gasteiger partial charge in [0, 0.05) is 6.54 Å². The van der Waals surface area contributed by atoms with Crippen molar-refractivity contribution < 1.29 is 23.8 Å². The van der Waals surface area contributed by atoms with E-state index in [2.05, 4.69) is 5.32 Å². The molecule has 2 amide bonds. The lowest BCUT2D eigenvalue weighted by atomic mass is 9.82. The molecule has 1 aliphatic rings. The Morgan fingerprint density at radius 2 is 1.87 bits per heavy atom. The third-order valence-corrected chi connectivity index (χ3v) is 5.69. The second-order valence-electron chi connectivity index (χ2n) is 7.74. The highest BCUT2D eigenvalue weighted by molar-refractivity contribution is 6.31. The van der Waals surface area contributed by atoms with Gasteiger partial charge >= 0.3 is 12.0 Å². The predicted octanol–water partition coefficient (Wildman–Crippen LogP) is 5.23. The van der Waals surface area contributed by atoms with Gasteiger partial charge in [0.2, 0.25) is 0 Å². The molecule has 2 atom stereocenters. The van der Waals surface area contributed by atoms with E-state index in [0.29, 0.717) is 18.8 Å². The first-order valence-corrected chi connectivity index (χ1v) is 10.7. The number of rotatable bonds is 8. The SMILES string of the molecule is O=C(O)COCC1CCCC(CNC(=O)N(c2ccccc2)c2cccc(Cl)c2F)C1. The zero-order valence-electron chi connectivity index (χ0n) is 17.1. The number of carboxylic acids is 1. The van der Waals surface area contributed by atoms with Crippen molar-refractivity contribution in [3.63, 3.8) is 0 Å². The van der Waals surface area contributed by atoms with Gasteiger partial charge in [-0.1, -0.05) is 42.3 Å². The molecule has 1 saturated carbocycles. The van der Waals surface area contributed by atoms with Gasteiger partial charge in [-0.15, -0.1) is 0 Å². The summed E-state index contributed by atoms with van der Waals surface area (Å²) in [6.45, 7) is 0.551. The van der Waals surface area contributed by atoms with Crippen molar-refractivity contribution in [2.75, 3.05) is 24.7 Å². The second-order valence-corrected chi connectivity index (χ2v) is 8.14. The number of nitrogens with zero attached hydrogens (tertiary/aromatic N) is 1. The molecule has 1 aliphatic carbocycles. The Kier molecular flexibility index (Phi) is 8.26. The van der Waals surface area contributed by atoms with E-state index in [0.717, 1.165) is 25.7 Å². The monoisotopic (exact) mass is 448 g/mol. The molecule has 0 radical (unpaired) electrons. The fourth-order valence-electron chi connectivity index (χ4n) is 3.97. The molecule has 8 heteroatoms. The van der Waals surface area contributed by atoms with Crippen LogP contribution in [0.4, 0.5) is 20.6 Å². The van der Waals surface area contributed by atoms with Crippen LogP contribution < -0.4 is 10.2 Å². The largest absolute Gasteiger partial charge is 0.480 e. The number of ether oxygens (including phenoxy) is 1. The first-order valence-electron chi connectivity index (χ1n) is 10.3. The van der Waals surface area contributed by atoms with E-state index in [9.17, 15) is 14.0 Å². The molecular weight excluding hydrogens is 423 g/mol. The van der Waals surface area contributed by atoms with Crippen LogP contribution in [0.3, 0.4) is 0 Å². The smallest absolute Gasteiger partial charge is 0.329 e. The van der Waals surface area contributed by atoms with Crippen molar-refractivity contribution in [3.05, 3.63) is 59.4 Å². The van der Waals surface area contributed by atoms with Crippen molar-refractivity contribution in [1.82, 2.24) is 5.32 Å². The van der Waals surface area contributed by atoms with Crippen LogP contribution in [0, 0.1) is 17.7 Å². The van der Waals surface area contributed by atoms with Gasteiger partial charge in [-0.25, -0.2) is 14.0 Å². The summed E-state index contributed by atoms with van der Waals surface area (Å²) >= 11 is 5.94. The number of para-hydroxylation sites is 1. The van der Waals surface area contributed by atoms with Crippen molar-refractivity contribution in [1.29, 1.82) is 0 Å². The summed E-state index contributed by atoms with van der Waals surface area (Å²) in [6.07, 6.45) is 3.78. The molecule has 3 rings (SSSR count). The number of urea groups is 1. The third-order valence-electron chi connectivity index (χ3n) is 5.40. The lowest BCUT2D eigenvalue weighted by Gasteiger charge is -2.30.